The van der Waals surface area contributed by atoms with Crippen LogP contribution in [0.2, 0.25) is 0 Å². The van der Waals surface area contributed by atoms with Crippen LogP contribution in [0.3, 0.4) is 0 Å². The number of hydrogen-bond donors (Lipinski definition) is 2. The molecule has 1 saturated heterocycles. The fraction of sp³-hybridized carbons (Fsp3) is 0.600. The molecule has 2 fully saturated rings. The van der Waals surface area contributed by atoms with Gasteiger partial charge in [-0.15, -0.1) is 23.1 Å². The average molecular weight is 486 g/mol. The fourth-order valence-electron chi connectivity index (χ4n) is 3.24. The zero-order valence-corrected chi connectivity index (χ0v) is 20.9. The average Bonchev–Trinajstić information content (AvgIpc) is 3.09. The monoisotopic (exact) mass is 485 g/mol. The number of nitrogens with two attached hydrogens (primary N) is 1. The third kappa shape index (κ3) is 5.66. The zero-order valence-electron chi connectivity index (χ0n) is 16.4. The summed E-state index contributed by atoms with van der Waals surface area (Å²) in [6, 6.07) is -1.17. The van der Waals surface area contributed by atoms with Crippen molar-refractivity contribution in [1.29, 1.82) is 0 Å². The third-order valence-electron chi connectivity index (χ3n) is 4.57. The van der Waals surface area contributed by atoms with Crippen LogP contribution in [-0.2, 0) is 24.7 Å². The predicted octanol–water partition coefficient (Wildman–Crippen LogP) is -2.74. The summed E-state index contributed by atoms with van der Waals surface area (Å²) < 4.78 is 34.9. The molecule has 2 atom stereocenters. The molecule has 160 valence electrons. The van der Waals surface area contributed by atoms with Crippen molar-refractivity contribution in [1.82, 2.24) is 14.6 Å². The number of anilines is 1. The molecule has 0 spiro atoms. The number of nitrogens with one attached hydrogen (secondary N) is 1. The van der Waals surface area contributed by atoms with Crippen LogP contribution < -0.4 is 40.6 Å². The Kier molecular flexibility index (Phi) is 8.97. The van der Waals surface area contributed by atoms with Crippen molar-refractivity contribution in [3.8, 4) is 0 Å². The van der Waals surface area contributed by atoms with Gasteiger partial charge in [0.1, 0.15) is 24.2 Å². The maximum Gasteiger partial charge on any atom is 1.00 e. The molecule has 2 amide bonds. The first-order chi connectivity index (χ1) is 13.7. The Bertz CT molecular complexity index is 918. The number of amides is 2. The van der Waals surface area contributed by atoms with Gasteiger partial charge in [0.05, 0.1) is 0 Å². The molecule has 0 aromatic carbocycles. The van der Waals surface area contributed by atoms with Crippen LogP contribution in [0.1, 0.15) is 37.8 Å². The van der Waals surface area contributed by atoms with Gasteiger partial charge in [-0.3, -0.25) is 9.59 Å². The molecule has 1 aromatic heterocycles. The molecule has 0 radical (unpaired) electrons. The maximum atomic E-state index is 12.7. The van der Waals surface area contributed by atoms with E-state index in [4.69, 9.17) is 5.73 Å². The third-order valence-corrected chi connectivity index (χ3v) is 7.89. The van der Waals surface area contributed by atoms with Crippen molar-refractivity contribution in [2.45, 2.75) is 48.8 Å². The van der Waals surface area contributed by atoms with E-state index in [2.05, 4.69) is 20.3 Å². The summed E-state index contributed by atoms with van der Waals surface area (Å²) in [6.45, 7) is 0. The molecule has 1 aliphatic heterocycles. The second kappa shape index (κ2) is 10.6. The quantitative estimate of drug-likeness (QED) is 0.137. The van der Waals surface area contributed by atoms with E-state index >= 15 is 0 Å². The van der Waals surface area contributed by atoms with Gasteiger partial charge in [0.25, 0.3) is 11.8 Å². The summed E-state index contributed by atoms with van der Waals surface area (Å²) in [6.07, 6.45) is 4.80. The fourth-order valence-corrected chi connectivity index (χ4v) is 6.52. The van der Waals surface area contributed by atoms with Gasteiger partial charge in [-0.1, -0.05) is 24.4 Å². The molecule has 0 bridgehead atoms. The number of rotatable bonds is 7. The predicted molar refractivity (Wildman–Crippen MR) is 107 cm³/mol. The van der Waals surface area contributed by atoms with E-state index < -0.39 is 33.5 Å². The van der Waals surface area contributed by atoms with Crippen molar-refractivity contribution in [2.24, 2.45) is 5.16 Å². The Morgan fingerprint density at radius 1 is 1.43 bits per heavy atom. The van der Waals surface area contributed by atoms with E-state index in [1.54, 1.807) is 0 Å². The minimum Gasteiger partial charge on any atom is -0.731 e. The van der Waals surface area contributed by atoms with Crippen molar-refractivity contribution in [3.05, 3.63) is 11.1 Å². The first kappa shape index (κ1) is 25.4. The van der Waals surface area contributed by atoms with Gasteiger partial charge in [0.15, 0.2) is 21.1 Å². The summed E-state index contributed by atoms with van der Waals surface area (Å²) in [5.41, 5.74) is 5.53. The van der Waals surface area contributed by atoms with Crippen molar-refractivity contribution < 1.29 is 57.0 Å². The van der Waals surface area contributed by atoms with Crippen molar-refractivity contribution in [2.75, 3.05) is 12.8 Å². The largest absolute Gasteiger partial charge is 1.00 e. The molecular weight excluding hydrogens is 465 g/mol. The van der Waals surface area contributed by atoms with Crippen molar-refractivity contribution >= 4 is 56.1 Å². The van der Waals surface area contributed by atoms with E-state index in [0.717, 1.165) is 43.4 Å². The van der Waals surface area contributed by atoms with Crippen LogP contribution in [0.4, 0.5) is 5.13 Å². The molecule has 2 aliphatic rings. The molecule has 2 heterocycles. The standard InChI is InChI=1S/C15H21N5O6S3.Na/c1-26-19-10(9-7-27-15(16)17-9)12(21)18-11-13(22)20(29(23,24)25)14(11)28-8-5-3-2-4-6-8;/h7-8,11,14H,2-6H2,1H3,(H2,16,17)(H,18,21)(H,23,24,25);/q;+1/p-1/t11-,14-;/m1./s1. The van der Waals surface area contributed by atoms with Gasteiger partial charge in [0, 0.05) is 10.6 Å². The molecular formula is C15H20N5NaO6S3. The Morgan fingerprint density at radius 2 is 2.10 bits per heavy atom. The number of aromatic nitrogens is 1. The Morgan fingerprint density at radius 3 is 2.63 bits per heavy atom. The summed E-state index contributed by atoms with van der Waals surface area (Å²) in [4.78, 5) is 33.7. The van der Waals surface area contributed by atoms with Gasteiger partial charge in [-0.25, -0.2) is 17.7 Å². The number of oxime groups is 1. The number of β-lactam (4-membered cyclic amide) rings is 1. The Hall–Kier alpha value is -0.900. The Labute approximate surface area is 204 Å². The normalized spacial score (nSPS) is 22.8. The van der Waals surface area contributed by atoms with E-state index in [9.17, 15) is 22.6 Å². The minimum absolute atomic E-state index is 0. The van der Waals surface area contributed by atoms with E-state index in [1.165, 1.54) is 24.3 Å². The molecule has 3 N–H and O–H groups in total. The summed E-state index contributed by atoms with van der Waals surface area (Å²) in [5, 5.41) is 6.91. The topological polar surface area (TPSA) is 167 Å². The minimum atomic E-state index is -4.98. The second-order valence-corrected chi connectivity index (χ2v) is 10.1. The van der Waals surface area contributed by atoms with Gasteiger partial charge < -0.3 is 20.4 Å². The molecule has 3 rings (SSSR count). The maximum absolute atomic E-state index is 12.7. The number of thiazole rings is 1. The van der Waals surface area contributed by atoms with Gasteiger partial charge >= 0.3 is 29.6 Å². The molecule has 15 heteroatoms. The van der Waals surface area contributed by atoms with Crippen LogP contribution in [0.15, 0.2) is 10.5 Å². The molecule has 1 saturated carbocycles. The Balaban J connectivity index is 0.00000320. The summed E-state index contributed by atoms with van der Waals surface area (Å²) >= 11 is 2.32. The van der Waals surface area contributed by atoms with Crippen LogP contribution in [0.25, 0.3) is 0 Å². The number of thioether (sulfide) groups is 1. The number of carbonyl (C=O) groups is 2. The molecule has 1 aliphatic carbocycles. The second-order valence-electron chi connectivity index (χ2n) is 6.52. The number of nitrogen functional groups attached to an aromatic ring is 1. The van der Waals surface area contributed by atoms with Gasteiger partial charge in [0.2, 0.25) is 0 Å². The number of carbonyl (C=O) groups excluding carboxylic acids is 2. The number of nitrogens with zero attached hydrogens (tertiary/aromatic N) is 3. The SMILES string of the molecule is CON=C(C(=O)N[C@@H]1C(=O)N(S(=O)(=O)[O-])[C@@H]1SC1CCCCC1)c1csc(N)n1.[Na+]. The zero-order chi connectivity index (χ0) is 21.2. The first-order valence-corrected chi connectivity index (χ1v) is 12.0. The van der Waals surface area contributed by atoms with Crippen LogP contribution in [-0.4, -0.2) is 63.6 Å². The van der Waals surface area contributed by atoms with E-state index in [0.29, 0.717) is 4.31 Å². The smallest absolute Gasteiger partial charge is 0.731 e. The van der Waals surface area contributed by atoms with Gasteiger partial charge in [-0.05, 0) is 12.8 Å². The molecule has 0 unspecified atom stereocenters. The van der Waals surface area contributed by atoms with Crippen molar-refractivity contribution in [3.63, 3.8) is 0 Å². The van der Waals surface area contributed by atoms with E-state index in [-0.39, 0.29) is 51.3 Å². The first-order valence-electron chi connectivity index (χ1n) is 8.80. The van der Waals surface area contributed by atoms with Crippen LogP contribution in [0.5, 0.6) is 0 Å². The molecule has 30 heavy (non-hydrogen) atoms. The number of hydrogen-bond acceptors (Lipinski definition) is 11. The summed E-state index contributed by atoms with van der Waals surface area (Å²) in [7, 11) is -3.74. The summed E-state index contributed by atoms with van der Waals surface area (Å²) in [5.74, 6) is -1.76. The molecule has 1 aromatic rings. The molecule has 11 nitrogen and oxygen atoms in total. The van der Waals surface area contributed by atoms with Crippen LogP contribution >= 0.6 is 23.1 Å². The van der Waals surface area contributed by atoms with Gasteiger partial charge in [-0.2, -0.15) is 0 Å². The van der Waals surface area contributed by atoms with E-state index in [1.807, 2.05) is 0 Å². The van der Waals surface area contributed by atoms with Crippen LogP contribution in [0, 0.1) is 0 Å².